The van der Waals surface area contributed by atoms with Gasteiger partial charge in [0.15, 0.2) is 0 Å². The van der Waals surface area contributed by atoms with Crippen molar-refractivity contribution >= 4 is 30.7 Å². The SMILES string of the molecule is CC1CCN(Cc2ccc(CNC(=O)CC(C)C3CCNCC3)cc2)CC1.Cl.Cl. The summed E-state index contributed by atoms with van der Waals surface area (Å²) in [6.07, 6.45) is 5.69. The van der Waals surface area contributed by atoms with E-state index in [2.05, 4.69) is 53.6 Å². The van der Waals surface area contributed by atoms with E-state index in [1.165, 1.54) is 49.9 Å². The molecule has 6 heteroatoms. The molecule has 2 aliphatic heterocycles. The number of hydrogen-bond acceptors (Lipinski definition) is 3. The van der Waals surface area contributed by atoms with Crippen molar-refractivity contribution in [1.29, 1.82) is 0 Å². The third-order valence-electron chi connectivity index (χ3n) is 6.49. The first-order chi connectivity index (χ1) is 13.1. The summed E-state index contributed by atoms with van der Waals surface area (Å²) in [6, 6.07) is 8.77. The Bertz CT molecular complexity index is 582. The number of piperidine rings is 2. The molecule has 1 unspecified atom stereocenters. The van der Waals surface area contributed by atoms with Crippen molar-refractivity contribution in [2.24, 2.45) is 17.8 Å². The van der Waals surface area contributed by atoms with E-state index >= 15 is 0 Å². The second-order valence-corrected chi connectivity index (χ2v) is 8.82. The van der Waals surface area contributed by atoms with Crippen molar-refractivity contribution in [1.82, 2.24) is 15.5 Å². The van der Waals surface area contributed by atoms with Crippen LogP contribution in [0, 0.1) is 17.8 Å². The number of hydrogen-bond donors (Lipinski definition) is 2. The first-order valence-electron chi connectivity index (χ1n) is 10.9. The quantitative estimate of drug-likeness (QED) is 0.655. The monoisotopic (exact) mass is 443 g/mol. The minimum Gasteiger partial charge on any atom is -0.352 e. The van der Waals surface area contributed by atoms with Gasteiger partial charge in [-0.3, -0.25) is 9.69 Å². The van der Waals surface area contributed by atoms with E-state index in [4.69, 9.17) is 0 Å². The first kappa shape index (κ1) is 26.2. The Labute approximate surface area is 189 Å². The summed E-state index contributed by atoms with van der Waals surface area (Å²) >= 11 is 0. The molecule has 4 nitrogen and oxygen atoms in total. The minimum absolute atomic E-state index is 0. The molecule has 1 amide bonds. The van der Waals surface area contributed by atoms with Crippen LogP contribution in [0.4, 0.5) is 0 Å². The van der Waals surface area contributed by atoms with Gasteiger partial charge in [-0.25, -0.2) is 0 Å². The highest BCUT2D eigenvalue weighted by Crippen LogP contribution is 2.24. The maximum Gasteiger partial charge on any atom is 0.220 e. The van der Waals surface area contributed by atoms with E-state index in [0.717, 1.165) is 25.6 Å². The number of amides is 1. The molecule has 1 atom stereocenters. The van der Waals surface area contributed by atoms with E-state index < -0.39 is 0 Å². The Balaban J connectivity index is 0.00000210. The highest BCUT2D eigenvalue weighted by atomic mass is 35.5. The van der Waals surface area contributed by atoms with Crippen molar-refractivity contribution in [3.63, 3.8) is 0 Å². The molecule has 0 saturated carbocycles. The van der Waals surface area contributed by atoms with Gasteiger partial charge in [-0.2, -0.15) is 0 Å². The van der Waals surface area contributed by atoms with Crippen LogP contribution >= 0.6 is 24.8 Å². The first-order valence-corrected chi connectivity index (χ1v) is 10.9. The molecule has 2 fully saturated rings. The van der Waals surface area contributed by atoms with E-state index in [1.807, 2.05) is 0 Å². The number of rotatable bonds is 7. The van der Waals surface area contributed by atoms with Crippen LogP contribution in [-0.2, 0) is 17.9 Å². The van der Waals surface area contributed by atoms with Crippen LogP contribution in [0.3, 0.4) is 0 Å². The summed E-state index contributed by atoms with van der Waals surface area (Å²) in [7, 11) is 0. The average Bonchev–Trinajstić information content (AvgIpc) is 2.70. The molecule has 0 aliphatic carbocycles. The molecule has 1 aromatic rings. The number of nitrogens with zero attached hydrogens (tertiary/aromatic N) is 1. The van der Waals surface area contributed by atoms with Gasteiger partial charge < -0.3 is 10.6 Å². The number of likely N-dealkylation sites (tertiary alicyclic amines) is 1. The van der Waals surface area contributed by atoms with Crippen molar-refractivity contribution in [3.8, 4) is 0 Å². The maximum absolute atomic E-state index is 12.3. The molecule has 29 heavy (non-hydrogen) atoms. The van der Waals surface area contributed by atoms with Crippen molar-refractivity contribution in [2.45, 2.75) is 59.0 Å². The fraction of sp³-hybridized carbons (Fsp3) is 0.696. The number of benzene rings is 1. The van der Waals surface area contributed by atoms with Crippen LogP contribution in [0.15, 0.2) is 24.3 Å². The number of carbonyl (C=O) groups is 1. The van der Waals surface area contributed by atoms with E-state index in [9.17, 15) is 4.79 Å². The van der Waals surface area contributed by atoms with Crippen LogP contribution < -0.4 is 10.6 Å². The van der Waals surface area contributed by atoms with Gasteiger partial charge in [0, 0.05) is 19.5 Å². The summed E-state index contributed by atoms with van der Waals surface area (Å²) in [5.74, 6) is 2.23. The Kier molecular flexibility index (Phi) is 12.2. The molecule has 0 aromatic heterocycles. The lowest BCUT2D eigenvalue weighted by atomic mass is 9.84. The molecule has 2 heterocycles. The Morgan fingerprint density at radius 3 is 2.28 bits per heavy atom. The van der Waals surface area contributed by atoms with Gasteiger partial charge in [0.1, 0.15) is 0 Å². The third kappa shape index (κ3) is 8.84. The van der Waals surface area contributed by atoms with Gasteiger partial charge in [-0.05, 0) is 80.7 Å². The van der Waals surface area contributed by atoms with Gasteiger partial charge in [0.25, 0.3) is 0 Å². The lowest BCUT2D eigenvalue weighted by Gasteiger charge is -2.30. The fourth-order valence-electron chi connectivity index (χ4n) is 4.39. The van der Waals surface area contributed by atoms with Crippen LogP contribution in [0.5, 0.6) is 0 Å². The third-order valence-corrected chi connectivity index (χ3v) is 6.49. The second-order valence-electron chi connectivity index (χ2n) is 8.82. The molecule has 0 radical (unpaired) electrons. The zero-order valence-corrected chi connectivity index (χ0v) is 19.6. The summed E-state index contributed by atoms with van der Waals surface area (Å²) in [5.41, 5.74) is 2.56. The van der Waals surface area contributed by atoms with E-state index in [1.54, 1.807) is 0 Å². The van der Waals surface area contributed by atoms with E-state index in [0.29, 0.717) is 24.8 Å². The maximum atomic E-state index is 12.3. The summed E-state index contributed by atoms with van der Waals surface area (Å²) < 4.78 is 0. The molecular weight excluding hydrogens is 405 g/mol. The van der Waals surface area contributed by atoms with Gasteiger partial charge >= 0.3 is 0 Å². The molecule has 0 spiro atoms. The molecule has 3 rings (SSSR count). The summed E-state index contributed by atoms with van der Waals surface area (Å²) in [4.78, 5) is 14.8. The molecule has 2 saturated heterocycles. The van der Waals surface area contributed by atoms with Gasteiger partial charge in [0.2, 0.25) is 5.91 Å². The van der Waals surface area contributed by atoms with Crippen LogP contribution in [0.25, 0.3) is 0 Å². The molecule has 166 valence electrons. The summed E-state index contributed by atoms with van der Waals surface area (Å²) in [5, 5.41) is 6.51. The number of halogens is 2. The Morgan fingerprint density at radius 1 is 1.07 bits per heavy atom. The zero-order valence-electron chi connectivity index (χ0n) is 18.0. The number of nitrogens with one attached hydrogen (secondary N) is 2. The molecule has 1 aromatic carbocycles. The largest absolute Gasteiger partial charge is 0.352 e. The molecule has 0 bridgehead atoms. The topological polar surface area (TPSA) is 44.4 Å². The highest BCUT2D eigenvalue weighted by Gasteiger charge is 2.22. The lowest BCUT2D eigenvalue weighted by molar-refractivity contribution is -0.122. The van der Waals surface area contributed by atoms with Gasteiger partial charge in [-0.1, -0.05) is 38.1 Å². The summed E-state index contributed by atoms with van der Waals surface area (Å²) in [6.45, 7) is 10.9. The predicted octanol–water partition coefficient (Wildman–Crippen LogP) is 4.40. The van der Waals surface area contributed by atoms with Crippen LogP contribution in [0.1, 0.15) is 57.1 Å². The fourth-order valence-corrected chi connectivity index (χ4v) is 4.39. The standard InChI is InChI=1S/C23H37N3O.2ClH/c1-18-9-13-26(14-10-18)17-21-5-3-20(4-6-21)16-25-23(27)15-19(2)22-7-11-24-12-8-22;;/h3-6,18-19,22,24H,7-17H2,1-2H3,(H,25,27);2*1H. The van der Waals surface area contributed by atoms with Crippen LogP contribution in [0.2, 0.25) is 0 Å². The molecule has 2 aliphatic rings. The van der Waals surface area contributed by atoms with Crippen molar-refractivity contribution in [2.75, 3.05) is 26.2 Å². The lowest BCUT2D eigenvalue weighted by Crippen LogP contribution is -2.33. The van der Waals surface area contributed by atoms with Gasteiger partial charge in [0.05, 0.1) is 0 Å². The normalized spacial score (nSPS) is 19.7. The highest BCUT2D eigenvalue weighted by molar-refractivity contribution is 5.85. The van der Waals surface area contributed by atoms with Gasteiger partial charge in [-0.15, -0.1) is 24.8 Å². The molecule has 2 N–H and O–H groups in total. The minimum atomic E-state index is 0. The average molecular weight is 444 g/mol. The predicted molar refractivity (Wildman–Crippen MR) is 126 cm³/mol. The Morgan fingerprint density at radius 2 is 1.66 bits per heavy atom. The zero-order chi connectivity index (χ0) is 19.1. The Hall–Kier alpha value is -0.810. The van der Waals surface area contributed by atoms with Crippen molar-refractivity contribution in [3.05, 3.63) is 35.4 Å². The second kappa shape index (κ2) is 13.5. The molecular formula is C23H39Cl2N3O. The van der Waals surface area contributed by atoms with E-state index in [-0.39, 0.29) is 30.7 Å². The van der Waals surface area contributed by atoms with Crippen LogP contribution in [-0.4, -0.2) is 37.0 Å². The van der Waals surface area contributed by atoms with Crippen molar-refractivity contribution < 1.29 is 4.79 Å². The number of carbonyl (C=O) groups excluding carboxylic acids is 1. The smallest absolute Gasteiger partial charge is 0.220 e.